The highest BCUT2D eigenvalue weighted by atomic mass is 19.4. The van der Waals surface area contributed by atoms with E-state index in [0.717, 1.165) is 11.1 Å². The van der Waals surface area contributed by atoms with Gasteiger partial charge in [-0.3, -0.25) is 0 Å². The van der Waals surface area contributed by atoms with Gasteiger partial charge in [-0.1, -0.05) is 42.5 Å². The molecule has 6 heteroatoms. The average Bonchev–Trinajstić information content (AvgIpc) is 2.60. The van der Waals surface area contributed by atoms with Crippen molar-refractivity contribution in [2.45, 2.75) is 13.0 Å². The third kappa shape index (κ3) is 4.69. The molecule has 2 N–H and O–H groups in total. The van der Waals surface area contributed by atoms with Crippen LogP contribution in [0.1, 0.15) is 5.56 Å². The normalized spacial score (nSPS) is 11.2. The lowest BCUT2D eigenvalue weighted by Crippen LogP contribution is -2.17. The Hall–Kier alpha value is -3.15. The molecule has 134 valence electrons. The second-order valence-electron chi connectivity index (χ2n) is 5.60. The van der Waals surface area contributed by atoms with Crippen molar-refractivity contribution in [2.24, 2.45) is 0 Å². The Morgan fingerprint density at radius 3 is 2.19 bits per heavy atom. The first-order chi connectivity index (χ1) is 12.4. The summed E-state index contributed by atoms with van der Waals surface area (Å²) in [6.45, 7) is 0.221. The molecule has 0 aliphatic rings. The van der Waals surface area contributed by atoms with E-state index in [-0.39, 0.29) is 12.4 Å². The lowest BCUT2D eigenvalue weighted by atomic mass is 10.0. The molecule has 26 heavy (non-hydrogen) atoms. The topological polar surface area (TPSA) is 44.5 Å². The minimum atomic E-state index is -4.76. The van der Waals surface area contributed by atoms with Gasteiger partial charge in [-0.2, -0.15) is 0 Å². The smallest absolute Gasteiger partial charge is 0.488 e. The van der Waals surface area contributed by atoms with Crippen molar-refractivity contribution in [1.82, 2.24) is 0 Å². The third-order valence-corrected chi connectivity index (χ3v) is 3.65. The van der Waals surface area contributed by atoms with E-state index >= 15 is 0 Å². The summed E-state index contributed by atoms with van der Waals surface area (Å²) in [6, 6.07) is 20.4. The summed E-state index contributed by atoms with van der Waals surface area (Å²) in [6.07, 6.45) is -4.76. The summed E-state index contributed by atoms with van der Waals surface area (Å²) in [5, 5.41) is 0. The maximum Gasteiger partial charge on any atom is 0.573 e. The highest BCUT2D eigenvalue weighted by Crippen LogP contribution is 2.36. The summed E-state index contributed by atoms with van der Waals surface area (Å²) in [5.74, 6) is -0.0415. The summed E-state index contributed by atoms with van der Waals surface area (Å²) >= 11 is 0. The summed E-state index contributed by atoms with van der Waals surface area (Å²) in [5.41, 5.74) is 8.62. The van der Waals surface area contributed by atoms with Crippen LogP contribution in [0, 0.1) is 0 Å². The molecule has 0 fully saturated rings. The molecule has 3 rings (SSSR count). The molecule has 0 aliphatic carbocycles. The van der Waals surface area contributed by atoms with E-state index in [0.29, 0.717) is 17.0 Å². The molecule has 0 aromatic heterocycles. The highest BCUT2D eigenvalue weighted by molar-refractivity contribution is 5.72. The molecular formula is C20H16F3NO2. The highest BCUT2D eigenvalue weighted by Gasteiger charge is 2.31. The van der Waals surface area contributed by atoms with Gasteiger partial charge in [0.15, 0.2) is 0 Å². The van der Waals surface area contributed by atoms with E-state index in [4.69, 9.17) is 10.5 Å². The molecule has 0 radical (unpaired) electrons. The number of nitrogens with two attached hydrogens (primary N) is 1. The first-order valence-corrected chi connectivity index (χ1v) is 7.83. The Morgan fingerprint density at radius 2 is 1.54 bits per heavy atom. The van der Waals surface area contributed by atoms with Crippen molar-refractivity contribution in [3.05, 3.63) is 78.4 Å². The minimum absolute atomic E-state index is 0.221. The first-order valence-electron chi connectivity index (χ1n) is 7.83. The van der Waals surface area contributed by atoms with Crippen LogP contribution in [0.4, 0.5) is 18.9 Å². The summed E-state index contributed by atoms with van der Waals surface area (Å²) < 4.78 is 47.3. The van der Waals surface area contributed by atoms with Gasteiger partial charge >= 0.3 is 6.36 Å². The van der Waals surface area contributed by atoms with Gasteiger partial charge in [0.05, 0.1) is 0 Å². The average molecular weight is 359 g/mol. The zero-order chi connectivity index (χ0) is 18.6. The molecular weight excluding hydrogens is 343 g/mol. The van der Waals surface area contributed by atoms with Gasteiger partial charge in [0.25, 0.3) is 0 Å². The zero-order valence-electron chi connectivity index (χ0n) is 13.7. The molecule has 0 heterocycles. The molecule has 3 aromatic rings. The van der Waals surface area contributed by atoms with E-state index in [1.165, 1.54) is 18.2 Å². The molecule has 0 aliphatic heterocycles. The molecule has 0 atom stereocenters. The van der Waals surface area contributed by atoms with Gasteiger partial charge in [-0.05, 0) is 35.4 Å². The lowest BCUT2D eigenvalue weighted by Gasteiger charge is -2.15. The SMILES string of the molecule is Nc1ccc(-c2ccc(OC(F)(F)F)cc2OCc2ccccc2)cc1. The van der Waals surface area contributed by atoms with Crippen molar-refractivity contribution in [1.29, 1.82) is 0 Å². The summed E-state index contributed by atoms with van der Waals surface area (Å²) in [7, 11) is 0. The van der Waals surface area contributed by atoms with E-state index in [1.54, 1.807) is 24.3 Å². The molecule has 0 saturated carbocycles. The van der Waals surface area contributed by atoms with E-state index in [1.807, 2.05) is 30.3 Å². The Bertz CT molecular complexity index is 862. The predicted octanol–water partition coefficient (Wildman–Crippen LogP) is 5.41. The van der Waals surface area contributed by atoms with Crippen LogP contribution in [-0.4, -0.2) is 6.36 Å². The number of hydrogen-bond donors (Lipinski definition) is 1. The van der Waals surface area contributed by atoms with Crippen LogP contribution in [0.3, 0.4) is 0 Å². The maximum absolute atomic E-state index is 12.5. The van der Waals surface area contributed by atoms with Crippen LogP contribution >= 0.6 is 0 Å². The Morgan fingerprint density at radius 1 is 0.846 bits per heavy atom. The fourth-order valence-corrected chi connectivity index (χ4v) is 2.46. The molecule has 0 bridgehead atoms. The number of halogens is 3. The van der Waals surface area contributed by atoms with Crippen LogP contribution in [0.25, 0.3) is 11.1 Å². The number of alkyl halides is 3. The van der Waals surface area contributed by atoms with Crippen molar-refractivity contribution in [2.75, 3.05) is 5.73 Å². The fraction of sp³-hybridized carbons (Fsp3) is 0.100. The van der Waals surface area contributed by atoms with Crippen molar-refractivity contribution in [3.8, 4) is 22.6 Å². The van der Waals surface area contributed by atoms with Crippen LogP contribution in [0.5, 0.6) is 11.5 Å². The second-order valence-corrected chi connectivity index (χ2v) is 5.60. The van der Waals surface area contributed by atoms with Gasteiger partial charge in [-0.15, -0.1) is 13.2 Å². The molecule has 0 saturated heterocycles. The van der Waals surface area contributed by atoms with Crippen LogP contribution in [0.15, 0.2) is 72.8 Å². The Kier molecular flexibility index (Phi) is 5.02. The van der Waals surface area contributed by atoms with Gasteiger partial charge < -0.3 is 15.2 Å². The van der Waals surface area contributed by atoms with E-state index in [2.05, 4.69) is 4.74 Å². The van der Waals surface area contributed by atoms with Crippen LogP contribution < -0.4 is 15.2 Å². The predicted molar refractivity (Wildman–Crippen MR) is 93.7 cm³/mol. The van der Waals surface area contributed by atoms with Crippen molar-refractivity contribution in [3.63, 3.8) is 0 Å². The fourth-order valence-electron chi connectivity index (χ4n) is 2.46. The standard InChI is InChI=1S/C20H16F3NO2/c21-20(22,23)26-17-10-11-18(15-6-8-16(24)9-7-15)19(12-17)25-13-14-4-2-1-3-5-14/h1-12H,13,24H2. The zero-order valence-corrected chi connectivity index (χ0v) is 13.7. The molecule has 3 nitrogen and oxygen atoms in total. The quantitative estimate of drug-likeness (QED) is 0.619. The maximum atomic E-state index is 12.5. The molecule has 0 amide bonds. The van der Waals surface area contributed by atoms with Crippen LogP contribution in [0.2, 0.25) is 0 Å². The van der Waals surface area contributed by atoms with Crippen molar-refractivity contribution < 1.29 is 22.6 Å². The third-order valence-electron chi connectivity index (χ3n) is 3.65. The van der Waals surface area contributed by atoms with E-state index < -0.39 is 6.36 Å². The molecule has 0 spiro atoms. The summed E-state index contributed by atoms with van der Waals surface area (Å²) in [4.78, 5) is 0. The van der Waals surface area contributed by atoms with E-state index in [9.17, 15) is 13.2 Å². The number of anilines is 1. The van der Waals surface area contributed by atoms with Gasteiger partial charge in [0.1, 0.15) is 18.1 Å². The van der Waals surface area contributed by atoms with Gasteiger partial charge in [0, 0.05) is 17.3 Å². The number of rotatable bonds is 5. The Balaban J connectivity index is 1.92. The first kappa shape index (κ1) is 17.7. The largest absolute Gasteiger partial charge is 0.573 e. The number of benzene rings is 3. The molecule has 3 aromatic carbocycles. The number of nitrogen functional groups attached to an aromatic ring is 1. The monoisotopic (exact) mass is 359 g/mol. The van der Waals surface area contributed by atoms with Gasteiger partial charge in [0.2, 0.25) is 0 Å². The Labute approximate surface area is 148 Å². The van der Waals surface area contributed by atoms with Crippen LogP contribution in [-0.2, 0) is 6.61 Å². The van der Waals surface area contributed by atoms with Gasteiger partial charge in [-0.25, -0.2) is 0 Å². The number of hydrogen-bond acceptors (Lipinski definition) is 3. The second kappa shape index (κ2) is 7.39. The van der Waals surface area contributed by atoms with Crippen molar-refractivity contribution >= 4 is 5.69 Å². The lowest BCUT2D eigenvalue weighted by molar-refractivity contribution is -0.274. The minimum Gasteiger partial charge on any atom is -0.488 e. The molecule has 0 unspecified atom stereocenters. The number of ether oxygens (including phenoxy) is 2.